The zero-order valence-corrected chi connectivity index (χ0v) is 13.1. The number of nitrogens with zero attached hydrogens (tertiary/aromatic N) is 2. The van der Waals surface area contributed by atoms with Crippen LogP contribution in [0.5, 0.6) is 0 Å². The summed E-state index contributed by atoms with van der Waals surface area (Å²) in [4.78, 5) is 3.98. The van der Waals surface area contributed by atoms with Crippen molar-refractivity contribution >= 4 is 5.84 Å². The van der Waals surface area contributed by atoms with E-state index in [2.05, 4.69) is 48.4 Å². The number of nitrogens with one attached hydrogen (secondary N) is 1. The summed E-state index contributed by atoms with van der Waals surface area (Å²) in [6, 6.07) is 18.6. The Kier molecular flexibility index (Phi) is 5.73. The molecule has 1 atom stereocenters. The average Bonchev–Trinajstić information content (AvgIpc) is 2.55. The molecule has 0 aliphatic heterocycles. The van der Waals surface area contributed by atoms with Gasteiger partial charge in [0.2, 0.25) is 6.19 Å². The molecule has 3 heteroatoms. The smallest absolute Gasteiger partial charge is 0.207 e. The number of aryl methyl sites for hydroxylation is 1. The molecule has 0 spiro atoms. The summed E-state index contributed by atoms with van der Waals surface area (Å²) in [6.07, 6.45) is 3.49. The first-order valence-corrected chi connectivity index (χ1v) is 7.56. The van der Waals surface area contributed by atoms with Crippen LogP contribution in [0.4, 0.5) is 0 Å². The van der Waals surface area contributed by atoms with Crippen LogP contribution < -0.4 is 5.32 Å². The molecule has 0 aliphatic rings. The fraction of sp³-hybridized carbons (Fsp3) is 0.263. The molecular formula is C19H21N3. The molecule has 0 saturated carbocycles. The Morgan fingerprint density at radius 1 is 1.14 bits per heavy atom. The Balaban J connectivity index is 2.17. The summed E-state index contributed by atoms with van der Waals surface area (Å²) < 4.78 is 0. The van der Waals surface area contributed by atoms with Crippen molar-refractivity contribution in [3.05, 3.63) is 71.3 Å². The Morgan fingerprint density at radius 3 is 2.45 bits per heavy atom. The standard InChI is InChI=1S/C19H21N3/c1-3-18(16-10-5-4-6-11-16)22-19(21-14-20)13-17-12-8-7-9-15(17)2/h4-12,18H,3,13H2,1-2H3,(H,21,22)/t18-/m1/s1. The molecule has 0 unspecified atom stereocenters. The lowest BCUT2D eigenvalue weighted by atomic mass is 10.0. The predicted molar refractivity (Wildman–Crippen MR) is 90.5 cm³/mol. The number of hydrogen-bond acceptors (Lipinski definition) is 2. The number of amidine groups is 1. The molecule has 0 aliphatic carbocycles. The van der Waals surface area contributed by atoms with Crippen molar-refractivity contribution in [2.75, 3.05) is 0 Å². The van der Waals surface area contributed by atoms with Gasteiger partial charge in [0.05, 0.1) is 6.04 Å². The highest BCUT2D eigenvalue weighted by molar-refractivity contribution is 5.85. The SMILES string of the molecule is CC[C@@H](N/C(Cc1ccccc1C)=N/C#N)c1ccccc1. The maximum absolute atomic E-state index is 8.96. The van der Waals surface area contributed by atoms with Crippen LogP contribution in [0.15, 0.2) is 59.6 Å². The zero-order chi connectivity index (χ0) is 15.8. The van der Waals surface area contributed by atoms with E-state index in [0.29, 0.717) is 12.3 Å². The van der Waals surface area contributed by atoms with E-state index < -0.39 is 0 Å². The van der Waals surface area contributed by atoms with Crippen molar-refractivity contribution < 1.29 is 0 Å². The molecule has 0 fully saturated rings. The molecule has 3 nitrogen and oxygen atoms in total. The number of benzene rings is 2. The molecule has 2 aromatic carbocycles. The van der Waals surface area contributed by atoms with E-state index in [1.54, 1.807) is 0 Å². The summed E-state index contributed by atoms with van der Waals surface area (Å²) >= 11 is 0. The second-order valence-electron chi connectivity index (χ2n) is 5.28. The topological polar surface area (TPSA) is 48.2 Å². The Morgan fingerprint density at radius 2 is 1.82 bits per heavy atom. The van der Waals surface area contributed by atoms with Crippen molar-refractivity contribution in [2.24, 2.45) is 4.99 Å². The van der Waals surface area contributed by atoms with Crippen LogP contribution in [0.3, 0.4) is 0 Å². The molecule has 0 bridgehead atoms. The van der Waals surface area contributed by atoms with Crippen LogP contribution >= 0.6 is 0 Å². The van der Waals surface area contributed by atoms with Crippen molar-refractivity contribution in [3.8, 4) is 6.19 Å². The minimum Gasteiger partial charge on any atom is -0.366 e. The van der Waals surface area contributed by atoms with Gasteiger partial charge in [-0.1, -0.05) is 61.5 Å². The number of aliphatic imine (C=N–C) groups is 1. The predicted octanol–water partition coefficient (Wildman–Crippen LogP) is 4.16. The van der Waals surface area contributed by atoms with Gasteiger partial charge in [0.25, 0.3) is 0 Å². The Bertz CT molecular complexity index is 669. The van der Waals surface area contributed by atoms with Crippen molar-refractivity contribution in [2.45, 2.75) is 32.7 Å². The summed E-state index contributed by atoms with van der Waals surface area (Å²) in [5, 5.41) is 12.4. The van der Waals surface area contributed by atoms with E-state index in [1.165, 1.54) is 16.7 Å². The van der Waals surface area contributed by atoms with Gasteiger partial charge in [-0.3, -0.25) is 0 Å². The maximum atomic E-state index is 8.96. The highest BCUT2D eigenvalue weighted by atomic mass is 15.0. The lowest BCUT2D eigenvalue weighted by molar-refractivity contribution is 0.620. The lowest BCUT2D eigenvalue weighted by Crippen LogP contribution is -2.30. The largest absolute Gasteiger partial charge is 0.366 e. The molecule has 0 aromatic heterocycles. The molecule has 0 amide bonds. The Labute approximate surface area is 132 Å². The van der Waals surface area contributed by atoms with Gasteiger partial charge in [-0.05, 0) is 30.0 Å². The van der Waals surface area contributed by atoms with Gasteiger partial charge < -0.3 is 5.32 Å². The third-order valence-electron chi connectivity index (χ3n) is 3.76. The molecule has 2 aromatic rings. The van der Waals surface area contributed by atoms with Gasteiger partial charge in [-0.2, -0.15) is 10.3 Å². The van der Waals surface area contributed by atoms with E-state index in [4.69, 9.17) is 5.26 Å². The number of hydrogen-bond donors (Lipinski definition) is 1. The quantitative estimate of drug-likeness (QED) is 0.511. The fourth-order valence-electron chi connectivity index (χ4n) is 2.48. The molecule has 22 heavy (non-hydrogen) atoms. The van der Waals surface area contributed by atoms with Gasteiger partial charge in [0, 0.05) is 6.42 Å². The Hall–Kier alpha value is -2.60. The third-order valence-corrected chi connectivity index (χ3v) is 3.76. The molecular weight excluding hydrogens is 270 g/mol. The van der Waals surface area contributed by atoms with E-state index in [-0.39, 0.29) is 6.04 Å². The lowest BCUT2D eigenvalue weighted by Gasteiger charge is -2.20. The minimum atomic E-state index is 0.164. The van der Waals surface area contributed by atoms with E-state index in [0.717, 1.165) is 6.42 Å². The summed E-state index contributed by atoms with van der Waals surface area (Å²) in [7, 11) is 0. The van der Waals surface area contributed by atoms with Crippen LogP contribution in [0.2, 0.25) is 0 Å². The first-order valence-electron chi connectivity index (χ1n) is 7.56. The van der Waals surface area contributed by atoms with Crippen LogP contribution in [0.1, 0.15) is 36.1 Å². The minimum absolute atomic E-state index is 0.164. The van der Waals surface area contributed by atoms with Crippen LogP contribution in [0, 0.1) is 18.4 Å². The summed E-state index contributed by atoms with van der Waals surface area (Å²) in [6.45, 7) is 4.20. The average molecular weight is 291 g/mol. The monoisotopic (exact) mass is 291 g/mol. The van der Waals surface area contributed by atoms with Crippen molar-refractivity contribution in [1.29, 1.82) is 5.26 Å². The summed E-state index contributed by atoms with van der Waals surface area (Å²) in [5.74, 6) is 0.715. The van der Waals surface area contributed by atoms with Gasteiger partial charge >= 0.3 is 0 Å². The van der Waals surface area contributed by atoms with Crippen molar-refractivity contribution in [1.82, 2.24) is 5.32 Å². The summed E-state index contributed by atoms with van der Waals surface area (Å²) in [5.41, 5.74) is 3.61. The van der Waals surface area contributed by atoms with E-state index >= 15 is 0 Å². The van der Waals surface area contributed by atoms with E-state index in [1.807, 2.05) is 36.5 Å². The number of nitriles is 1. The second-order valence-corrected chi connectivity index (χ2v) is 5.28. The zero-order valence-electron chi connectivity index (χ0n) is 13.1. The molecule has 2 rings (SSSR count). The molecule has 112 valence electrons. The van der Waals surface area contributed by atoms with Gasteiger partial charge in [0.15, 0.2) is 0 Å². The fourth-order valence-corrected chi connectivity index (χ4v) is 2.48. The maximum Gasteiger partial charge on any atom is 0.207 e. The molecule has 1 N–H and O–H groups in total. The molecule has 0 saturated heterocycles. The van der Waals surface area contributed by atoms with Gasteiger partial charge in [0.1, 0.15) is 5.84 Å². The van der Waals surface area contributed by atoms with Gasteiger partial charge in [-0.25, -0.2) is 0 Å². The normalized spacial score (nSPS) is 12.5. The highest BCUT2D eigenvalue weighted by Crippen LogP contribution is 2.17. The van der Waals surface area contributed by atoms with Crippen LogP contribution in [-0.4, -0.2) is 5.84 Å². The van der Waals surface area contributed by atoms with E-state index in [9.17, 15) is 0 Å². The second kappa shape index (κ2) is 7.99. The van der Waals surface area contributed by atoms with Crippen molar-refractivity contribution in [3.63, 3.8) is 0 Å². The third kappa shape index (κ3) is 4.20. The first kappa shape index (κ1) is 15.8. The first-order chi connectivity index (χ1) is 10.7. The van der Waals surface area contributed by atoms with Crippen LogP contribution in [0.25, 0.3) is 0 Å². The molecule has 0 radical (unpaired) electrons. The number of rotatable bonds is 5. The van der Waals surface area contributed by atoms with Gasteiger partial charge in [-0.15, -0.1) is 0 Å². The highest BCUT2D eigenvalue weighted by Gasteiger charge is 2.12. The van der Waals surface area contributed by atoms with Crippen LogP contribution in [-0.2, 0) is 6.42 Å². The molecule has 0 heterocycles.